The van der Waals surface area contributed by atoms with Gasteiger partial charge in [-0.05, 0) is 13.8 Å². The number of hydrogen-bond acceptors (Lipinski definition) is 4. The Kier molecular flexibility index (Phi) is 3.11. The molecule has 5 nitrogen and oxygen atoms in total. The molecule has 0 aromatic carbocycles. The number of nitrogens with one attached hydrogen (secondary N) is 1. The highest BCUT2D eigenvalue weighted by Gasteiger charge is 2.28. The minimum absolute atomic E-state index is 0.134. The van der Waals surface area contributed by atoms with Gasteiger partial charge in [0.15, 0.2) is 0 Å². The molecule has 0 radical (unpaired) electrons. The smallest absolute Gasteiger partial charge is 0.407 e. The van der Waals surface area contributed by atoms with Gasteiger partial charge < -0.3 is 14.8 Å². The second-order valence-electron chi connectivity index (χ2n) is 4.42. The Labute approximate surface area is 89.7 Å². The van der Waals surface area contributed by atoms with Crippen molar-refractivity contribution >= 4 is 6.09 Å². The zero-order valence-electron chi connectivity index (χ0n) is 9.23. The summed E-state index contributed by atoms with van der Waals surface area (Å²) in [4.78, 5) is 13.2. The maximum absolute atomic E-state index is 10.8. The summed E-state index contributed by atoms with van der Waals surface area (Å²) in [6.07, 6.45) is 0.243. The number of cyclic esters (lactones) is 1. The minimum atomic E-state index is -0.297. The van der Waals surface area contributed by atoms with Crippen LogP contribution in [0.1, 0.15) is 13.8 Å². The van der Waals surface area contributed by atoms with Gasteiger partial charge in [0, 0.05) is 19.6 Å². The van der Waals surface area contributed by atoms with Crippen LogP contribution < -0.4 is 5.32 Å². The molecule has 2 aliphatic rings. The normalized spacial score (nSPS) is 37.5. The van der Waals surface area contributed by atoms with E-state index in [2.05, 4.69) is 24.1 Å². The molecule has 0 aromatic rings. The number of nitrogens with zero attached hydrogens (tertiary/aromatic N) is 1. The number of alkyl carbamates (subject to hydrolysis) is 1. The summed E-state index contributed by atoms with van der Waals surface area (Å²) in [6.45, 7) is 7.34. The van der Waals surface area contributed by atoms with Crippen LogP contribution >= 0.6 is 0 Å². The molecule has 2 rings (SSSR count). The van der Waals surface area contributed by atoms with Gasteiger partial charge in [0.1, 0.15) is 6.61 Å². The van der Waals surface area contributed by atoms with E-state index in [4.69, 9.17) is 9.47 Å². The zero-order chi connectivity index (χ0) is 10.8. The van der Waals surface area contributed by atoms with Crippen LogP contribution in [0, 0.1) is 0 Å². The molecule has 15 heavy (non-hydrogen) atoms. The molecule has 2 unspecified atom stereocenters. The summed E-state index contributed by atoms with van der Waals surface area (Å²) in [6, 6.07) is 0.134. The maximum Gasteiger partial charge on any atom is 0.407 e. The van der Waals surface area contributed by atoms with Gasteiger partial charge in [-0.2, -0.15) is 0 Å². The maximum atomic E-state index is 10.8. The Bertz CT molecular complexity index is 237. The summed E-state index contributed by atoms with van der Waals surface area (Å²) >= 11 is 0. The van der Waals surface area contributed by atoms with Crippen molar-refractivity contribution in [1.29, 1.82) is 0 Å². The first-order chi connectivity index (χ1) is 7.13. The van der Waals surface area contributed by atoms with E-state index in [0.717, 1.165) is 19.6 Å². The fraction of sp³-hybridized carbons (Fsp3) is 0.900. The lowest BCUT2D eigenvalue weighted by molar-refractivity contribution is -0.0695. The van der Waals surface area contributed by atoms with Crippen LogP contribution in [-0.4, -0.2) is 55.5 Å². The van der Waals surface area contributed by atoms with Gasteiger partial charge in [0.25, 0.3) is 0 Å². The van der Waals surface area contributed by atoms with Gasteiger partial charge in [0.05, 0.1) is 18.2 Å². The van der Waals surface area contributed by atoms with Crippen LogP contribution in [0.15, 0.2) is 0 Å². The Morgan fingerprint density at radius 3 is 2.60 bits per heavy atom. The molecule has 2 fully saturated rings. The van der Waals surface area contributed by atoms with Gasteiger partial charge >= 0.3 is 6.09 Å². The summed E-state index contributed by atoms with van der Waals surface area (Å²) in [7, 11) is 0. The van der Waals surface area contributed by atoms with E-state index in [1.807, 2.05) is 0 Å². The topological polar surface area (TPSA) is 50.8 Å². The van der Waals surface area contributed by atoms with Crippen LogP contribution in [0.3, 0.4) is 0 Å². The Hall–Kier alpha value is -0.810. The van der Waals surface area contributed by atoms with Crippen molar-refractivity contribution in [3.8, 4) is 0 Å². The van der Waals surface area contributed by atoms with E-state index in [0.29, 0.717) is 6.61 Å². The average molecular weight is 214 g/mol. The molecule has 2 aliphatic heterocycles. The molecule has 86 valence electrons. The molecule has 2 saturated heterocycles. The highest BCUT2D eigenvalue weighted by atomic mass is 16.6. The third-order valence-electron chi connectivity index (χ3n) is 2.71. The van der Waals surface area contributed by atoms with Crippen molar-refractivity contribution in [3.05, 3.63) is 0 Å². The van der Waals surface area contributed by atoms with Gasteiger partial charge in [-0.1, -0.05) is 0 Å². The summed E-state index contributed by atoms with van der Waals surface area (Å²) in [5, 5.41) is 2.79. The van der Waals surface area contributed by atoms with Crippen molar-refractivity contribution in [2.75, 3.05) is 26.2 Å². The first kappa shape index (κ1) is 10.7. The number of morpholine rings is 1. The molecule has 3 atom stereocenters. The lowest BCUT2D eigenvalue weighted by atomic mass is 10.2. The molecular weight excluding hydrogens is 196 g/mol. The Balaban J connectivity index is 1.81. The van der Waals surface area contributed by atoms with E-state index >= 15 is 0 Å². The van der Waals surface area contributed by atoms with E-state index in [-0.39, 0.29) is 24.3 Å². The molecule has 5 heteroatoms. The standard InChI is InChI=1S/C10H18N2O3/c1-7-3-12(4-8(2)15-7)5-9-6-14-10(13)11-9/h7-9H,3-6H2,1-2H3,(H,11,13)/t7?,8?,9-/m1/s1. The number of ether oxygens (including phenoxy) is 2. The number of carbonyl (C=O) groups excluding carboxylic acids is 1. The molecule has 0 bridgehead atoms. The van der Waals surface area contributed by atoms with Crippen molar-refractivity contribution < 1.29 is 14.3 Å². The van der Waals surface area contributed by atoms with Gasteiger partial charge in [0.2, 0.25) is 0 Å². The van der Waals surface area contributed by atoms with Crippen molar-refractivity contribution in [2.24, 2.45) is 0 Å². The summed E-state index contributed by atoms with van der Waals surface area (Å²) < 4.78 is 10.5. The first-order valence-corrected chi connectivity index (χ1v) is 5.44. The summed E-state index contributed by atoms with van der Waals surface area (Å²) in [5.41, 5.74) is 0. The van der Waals surface area contributed by atoms with Crippen LogP contribution in [0.2, 0.25) is 0 Å². The van der Waals surface area contributed by atoms with E-state index in [9.17, 15) is 4.79 Å². The molecule has 0 spiro atoms. The molecule has 0 aromatic heterocycles. The monoisotopic (exact) mass is 214 g/mol. The Morgan fingerprint density at radius 1 is 1.40 bits per heavy atom. The fourth-order valence-electron chi connectivity index (χ4n) is 2.27. The lowest BCUT2D eigenvalue weighted by Crippen LogP contribution is -2.50. The largest absolute Gasteiger partial charge is 0.447 e. The minimum Gasteiger partial charge on any atom is -0.447 e. The third-order valence-corrected chi connectivity index (χ3v) is 2.71. The molecule has 0 aliphatic carbocycles. The Morgan fingerprint density at radius 2 is 2.07 bits per heavy atom. The van der Waals surface area contributed by atoms with Gasteiger partial charge in [-0.15, -0.1) is 0 Å². The van der Waals surface area contributed by atoms with E-state index in [1.165, 1.54) is 0 Å². The predicted octanol–water partition coefficient (Wildman–Crippen LogP) is 0.204. The van der Waals surface area contributed by atoms with Crippen LogP contribution in [0.5, 0.6) is 0 Å². The highest BCUT2D eigenvalue weighted by molar-refractivity contribution is 5.69. The molecular formula is C10H18N2O3. The second-order valence-corrected chi connectivity index (χ2v) is 4.42. The van der Waals surface area contributed by atoms with E-state index < -0.39 is 0 Å². The number of carbonyl (C=O) groups is 1. The second kappa shape index (κ2) is 4.37. The van der Waals surface area contributed by atoms with Gasteiger partial charge in [-0.3, -0.25) is 4.90 Å². The molecule has 2 heterocycles. The van der Waals surface area contributed by atoms with Crippen molar-refractivity contribution in [2.45, 2.75) is 32.1 Å². The van der Waals surface area contributed by atoms with Crippen molar-refractivity contribution in [3.63, 3.8) is 0 Å². The number of hydrogen-bond donors (Lipinski definition) is 1. The summed E-state index contributed by atoms with van der Waals surface area (Å²) in [5.74, 6) is 0. The van der Waals surface area contributed by atoms with Crippen LogP contribution in [0.4, 0.5) is 4.79 Å². The van der Waals surface area contributed by atoms with Gasteiger partial charge in [-0.25, -0.2) is 4.79 Å². The fourth-order valence-corrected chi connectivity index (χ4v) is 2.27. The van der Waals surface area contributed by atoms with Crippen LogP contribution in [-0.2, 0) is 9.47 Å². The highest BCUT2D eigenvalue weighted by Crippen LogP contribution is 2.11. The van der Waals surface area contributed by atoms with Crippen LogP contribution in [0.25, 0.3) is 0 Å². The van der Waals surface area contributed by atoms with E-state index in [1.54, 1.807) is 0 Å². The quantitative estimate of drug-likeness (QED) is 0.713. The molecule has 1 amide bonds. The number of amides is 1. The number of rotatable bonds is 2. The average Bonchev–Trinajstić information content (AvgIpc) is 2.49. The molecule has 1 N–H and O–H groups in total. The first-order valence-electron chi connectivity index (χ1n) is 5.44. The third kappa shape index (κ3) is 2.82. The predicted molar refractivity (Wildman–Crippen MR) is 54.7 cm³/mol. The SMILES string of the molecule is CC1CN(C[C@@H]2COC(=O)N2)CC(C)O1. The lowest BCUT2D eigenvalue weighted by Gasteiger charge is -2.36. The molecule has 0 saturated carbocycles. The zero-order valence-corrected chi connectivity index (χ0v) is 9.23. The van der Waals surface area contributed by atoms with Crippen molar-refractivity contribution in [1.82, 2.24) is 10.2 Å².